The number of nitrogens with two attached hydrogens (primary N) is 1. The summed E-state index contributed by atoms with van der Waals surface area (Å²) >= 11 is 0. The third-order valence-corrected chi connectivity index (χ3v) is 1.74. The van der Waals surface area contributed by atoms with E-state index in [1.807, 2.05) is 13.8 Å². The summed E-state index contributed by atoms with van der Waals surface area (Å²) in [5, 5.41) is 8.24. The molecule has 4 heteroatoms. The zero-order valence-electron chi connectivity index (χ0n) is 6.91. The largest absolute Gasteiger partial charge is 0.438 e. The number of carbonyl (C=O) groups is 1. The highest BCUT2D eigenvalue weighted by Gasteiger charge is 2.20. The van der Waals surface area contributed by atoms with Gasteiger partial charge in [0.1, 0.15) is 6.04 Å². The number of carbonyl (C=O) groups excluding carboxylic acids is 1. The van der Waals surface area contributed by atoms with Crippen LogP contribution in [-0.2, 0) is 9.53 Å². The topological polar surface area (TPSA) is 72.6 Å². The van der Waals surface area contributed by atoms with Gasteiger partial charge in [-0.15, -0.1) is 0 Å². The number of esters is 1. The van der Waals surface area contributed by atoms with Crippen LogP contribution < -0.4 is 5.73 Å². The fourth-order valence-corrected chi connectivity index (χ4v) is 0.646. The van der Waals surface area contributed by atoms with Gasteiger partial charge in [-0.2, -0.15) is 0 Å². The summed E-state index contributed by atoms with van der Waals surface area (Å²) in [6.45, 7) is 3.21. The first-order valence-corrected chi connectivity index (χ1v) is 3.66. The maximum Gasteiger partial charge on any atom is 0.325 e. The van der Waals surface area contributed by atoms with E-state index >= 15 is 0 Å². The fraction of sp³-hybridized carbons (Fsp3) is 0.857. The van der Waals surface area contributed by atoms with E-state index in [2.05, 4.69) is 4.74 Å². The molecule has 2 atom stereocenters. The van der Waals surface area contributed by atoms with Gasteiger partial charge in [0.2, 0.25) is 0 Å². The summed E-state index contributed by atoms with van der Waals surface area (Å²) in [5.74, 6) is -0.448. The highest BCUT2D eigenvalue weighted by atomic mass is 16.6. The highest BCUT2D eigenvalue weighted by Crippen LogP contribution is 2.06. The van der Waals surface area contributed by atoms with E-state index in [0.29, 0.717) is 0 Å². The first-order chi connectivity index (χ1) is 5.13. The van der Waals surface area contributed by atoms with Crippen LogP contribution in [0.25, 0.3) is 0 Å². The van der Waals surface area contributed by atoms with E-state index in [9.17, 15) is 4.79 Å². The molecule has 0 rings (SSSR count). The molecule has 0 aliphatic carbocycles. The number of hydrogen-bond donors (Lipinski definition) is 2. The Morgan fingerprint density at radius 1 is 1.73 bits per heavy atom. The molecule has 0 unspecified atom stereocenters. The molecule has 0 aromatic heterocycles. The molecule has 0 fully saturated rings. The van der Waals surface area contributed by atoms with E-state index in [4.69, 9.17) is 10.8 Å². The monoisotopic (exact) mass is 161 g/mol. The Balaban J connectivity index is 3.80. The van der Waals surface area contributed by atoms with E-state index in [1.165, 1.54) is 0 Å². The SMILES string of the molecule is CC[C@H](C)[C@H](N)C(=O)OCO. The minimum absolute atomic E-state index is 0.0917. The second-order valence-corrected chi connectivity index (χ2v) is 2.50. The van der Waals surface area contributed by atoms with E-state index in [1.54, 1.807) is 0 Å². The van der Waals surface area contributed by atoms with Crippen molar-refractivity contribution in [3.8, 4) is 0 Å². The molecule has 66 valence electrons. The van der Waals surface area contributed by atoms with Gasteiger partial charge in [0, 0.05) is 0 Å². The Bertz CT molecular complexity index is 127. The quantitative estimate of drug-likeness (QED) is 0.444. The molecule has 0 aromatic carbocycles. The molecule has 0 aliphatic rings. The van der Waals surface area contributed by atoms with Gasteiger partial charge in [0.25, 0.3) is 0 Å². The maximum absolute atomic E-state index is 10.8. The summed E-state index contributed by atoms with van der Waals surface area (Å²) in [4.78, 5) is 10.8. The van der Waals surface area contributed by atoms with Crippen LogP contribution >= 0.6 is 0 Å². The van der Waals surface area contributed by atoms with Crippen LogP contribution in [0.5, 0.6) is 0 Å². The van der Waals surface area contributed by atoms with Gasteiger partial charge < -0.3 is 15.6 Å². The highest BCUT2D eigenvalue weighted by molar-refractivity contribution is 5.75. The summed E-state index contributed by atoms with van der Waals surface area (Å²) in [6, 6.07) is -0.618. The van der Waals surface area contributed by atoms with E-state index in [0.717, 1.165) is 6.42 Å². The molecule has 0 bridgehead atoms. The van der Waals surface area contributed by atoms with Crippen LogP contribution in [0.1, 0.15) is 20.3 Å². The summed E-state index contributed by atoms with van der Waals surface area (Å²) < 4.78 is 4.32. The predicted molar refractivity (Wildman–Crippen MR) is 40.6 cm³/mol. The molecule has 0 saturated heterocycles. The lowest BCUT2D eigenvalue weighted by atomic mass is 10.0. The Morgan fingerprint density at radius 3 is 2.64 bits per heavy atom. The molecule has 0 radical (unpaired) electrons. The smallest absolute Gasteiger partial charge is 0.325 e. The molecular weight excluding hydrogens is 146 g/mol. The molecule has 4 nitrogen and oxygen atoms in total. The molecular formula is C7H15NO3. The van der Waals surface area contributed by atoms with Gasteiger partial charge in [-0.25, -0.2) is 0 Å². The number of ether oxygens (including phenoxy) is 1. The number of rotatable bonds is 4. The summed E-state index contributed by atoms with van der Waals surface area (Å²) in [7, 11) is 0. The van der Waals surface area contributed by atoms with Crippen molar-refractivity contribution in [3.05, 3.63) is 0 Å². The van der Waals surface area contributed by atoms with Crippen LogP contribution in [0.3, 0.4) is 0 Å². The maximum atomic E-state index is 10.8. The molecule has 11 heavy (non-hydrogen) atoms. The van der Waals surface area contributed by atoms with Crippen LogP contribution in [0.4, 0.5) is 0 Å². The first kappa shape index (κ1) is 10.4. The van der Waals surface area contributed by atoms with Crippen molar-refractivity contribution in [2.75, 3.05) is 6.79 Å². The third kappa shape index (κ3) is 3.34. The number of aliphatic hydroxyl groups excluding tert-OH is 1. The van der Waals surface area contributed by atoms with Crippen molar-refractivity contribution in [1.29, 1.82) is 0 Å². The lowest BCUT2D eigenvalue weighted by Crippen LogP contribution is -2.38. The third-order valence-electron chi connectivity index (χ3n) is 1.74. The molecule has 0 spiro atoms. The van der Waals surface area contributed by atoms with Crippen molar-refractivity contribution < 1.29 is 14.6 Å². The Labute approximate surface area is 66.3 Å². The van der Waals surface area contributed by atoms with Gasteiger partial charge in [0.05, 0.1) is 0 Å². The fourth-order valence-electron chi connectivity index (χ4n) is 0.646. The molecule has 0 aliphatic heterocycles. The Kier molecular flexibility index (Phi) is 4.81. The minimum Gasteiger partial charge on any atom is -0.438 e. The van der Waals surface area contributed by atoms with Crippen molar-refractivity contribution in [2.45, 2.75) is 26.3 Å². The molecule has 0 heterocycles. The van der Waals surface area contributed by atoms with E-state index < -0.39 is 18.8 Å². The molecule has 0 aromatic rings. The van der Waals surface area contributed by atoms with E-state index in [-0.39, 0.29) is 5.92 Å². The van der Waals surface area contributed by atoms with Crippen molar-refractivity contribution in [2.24, 2.45) is 11.7 Å². The normalized spacial score (nSPS) is 15.6. The van der Waals surface area contributed by atoms with Crippen LogP contribution in [0.2, 0.25) is 0 Å². The van der Waals surface area contributed by atoms with Crippen LogP contribution in [0.15, 0.2) is 0 Å². The first-order valence-electron chi connectivity index (χ1n) is 3.66. The number of hydrogen-bond acceptors (Lipinski definition) is 4. The molecule has 0 saturated carbocycles. The lowest BCUT2D eigenvalue weighted by molar-refractivity contribution is -0.154. The summed E-state index contributed by atoms with van der Waals surface area (Å²) in [6.07, 6.45) is 0.821. The Morgan fingerprint density at radius 2 is 2.27 bits per heavy atom. The van der Waals surface area contributed by atoms with Gasteiger partial charge in [-0.3, -0.25) is 4.79 Å². The minimum atomic E-state index is -0.618. The molecule has 3 N–H and O–H groups in total. The second kappa shape index (κ2) is 5.09. The average Bonchev–Trinajstić information content (AvgIpc) is 2.02. The molecule has 0 amide bonds. The second-order valence-electron chi connectivity index (χ2n) is 2.50. The zero-order chi connectivity index (χ0) is 8.85. The number of aliphatic hydroxyl groups is 1. The van der Waals surface area contributed by atoms with Gasteiger partial charge in [-0.1, -0.05) is 20.3 Å². The predicted octanol–water partition coefficient (Wildman–Crippen LogP) is -0.147. The Hall–Kier alpha value is -0.610. The van der Waals surface area contributed by atoms with Crippen molar-refractivity contribution in [3.63, 3.8) is 0 Å². The average molecular weight is 161 g/mol. The van der Waals surface area contributed by atoms with Gasteiger partial charge in [0.15, 0.2) is 6.79 Å². The zero-order valence-corrected chi connectivity index (χ0v) is 6.91. The van der Waals surface area contributed by atoms with Crippen molar-refractivity contribution in [1.82, 2.24) is 0 Å². The van der Waals surface area contributed by atoms with Crippen LogP contribution in [-0.4, -0.2) is 23.9 Å². The van der Waals surface area contributed by atoms with Crippen LogP contribution in [0, 0.1) is 5.92 Å². The van der Waals surface area contributed by atoms with Gasteiger partial charge in [-0.05, 0) is 5.92 Å². The van der Waals surface area contributed by atoms with Crippen molar-refractivity contribution >= 4 is 5.97 Å². The lowest BCUT2D eigenvalue weighted by Gasteiger charge is -2.15. The van der Waals surface area contributed by atoms with Gasteiger partial charge >= 0.3 is 5.97 Å². The standard InChI is InChI=1S/C7H15NO3/c1-3-5(2)6(8)7(10)11-4-9/h5-6,9H,3-4,8H2,1-2H3/t5-,6-/m0/s1. The summed E-state index contributed by atoms with van der Waals surface area (Å²) in [5.41, 5.74) is 5.47.